The summed E-state index contributed by atoms with van der Waals surface area (Å²) >= 11 is 0. The van der Waals surface area contributed by atoms with Crippen molar-refractivity contribution in [2.24, 2.45) is 5.10 Å². The Morgan fingerprint density at radius 3 is 3.07 bits per heavy atom. The molecule has 15 heavy (non-hydrogen) atoms. The summed E-state index contributed by atoms with van der Waals surface area (Å²) in [4.78, 5) is 0. The van der Waals surface area contributed by atoms with Crippen LogP contribution in [0, 0.1) is 0 Å². The highest BCUT2D eigenvalue weighted by molar-refractivity contribution is 5.85. The van der Waals surface area contributed by atoms with Crippen molar-refractivity contribution >= 4 is 6.21 Å². The second kappa shape index (κ2) is 4.62. The molecule has 0 radical (unpaired) electrons. The second-order valence-electron chi connectivity index (χ2n) is 3.92. The Bertz CT molecular complexity index is 318. The van der Waals surface area contributed by atoms with E-state index in [-0.39, 0.29) is 0 Å². The predicted octanol–water partition coefficient (Wildman–Crippen LogP) is 1.97. The summed E-state index contributed by atoms with van der Waals surface area (Å²) in [6, 6.07) is 0.402. The normalized spacial score (nSPS) is 26.3. The molecule has 0 saturated heterocycles. The lowest BCUT2D eigenvalue weighted by Gasteiger charge is -2.27. The maximum atomic E-state index is 5.30. The van der Waals surface area contributed by atoms with Crippen molar-refractivity contribution in [3.63, 3.8) is 0 Å². The van der Waals surface area contributed by atoms with Gasteiger partial charge in [-0.25, -0.2) is 0 Å². The van der Waals surface area contributed by atoms with Gasteiger partial charge in [0.15, 0.2) is 0 Å². The van der Waals surface area contributed by atoms with Gasteiger partial charge in [0.2, 0.25) is 0 Å². The van der Waals surface area contributed by atoms with E-state index in [0.29, 0.717) is 6.04 Å². The molecular weight excluding hydrogens is 188 g/mol. The summed E-state index contributed by atoms with van der Waals surface area (Å²) < 4.78 is 5.30. The summed E-state index contributed by atoms with van der Waals surface area (Å²) in [5.74, 6) is 0. The van der Waals surface area contributed by atoms with E-state index in [2.05, 4.69) is 36.1 Å². The highest BCUT2D eigenvalue weighted by Gasteiger charge is 2.15. The molecule has 82 valence electrons. The monoisotopic (exact) mass is 206 g/mol. The number of nitrogens with zero attached hydrogens (tertiary/aromatic N) is 2. The van der Waals surface area contributed by atoms with E-state index in [9.17, 15) is 0 Å². The Balaban J connectivity index is 2.11. The third kappa shape index (κ3) is 2.29. The minimum atomic E-state index is 0.402. The number of hydrogen-bond acceptors (Lipinski definition) is 3. The van der Waals surface area contributed by atoms with Gasteiger partial charge in [0.1, 0.15) is 0 Å². The van der Waals surface area contributed by atoms with E-state index in [1.54, 1.807) is 0 Å². The average molecular weight is 206 g/mol. The third-order valence-corrected chi connectivity index (χ3v) is 2.89. The summed E-state index contributed by atoms with van der Waals surface area (Å²) in [5.41, 5.74) is 2.66. The van der Waals surface area contributed by atoms with Gasteiger partial charge in [0, 0.05) is 6.54 Å². The van der Waals surface area contributed by atoms with Crippen molar-refractivity contribution in [1.82, 2.24) is 5.01 Å². The molecule has 1 atom stereocenters. The molecule has 3 heteroatoms. The first-order valence-corrected chi connectivity index (χ1v) is 5.61. The largest absolute Gasteiger partial charge is 0.377 e. The molecule has 1 unspecified atom stereocenters. The van der Waals surface area contributed by atoms with Crippen molar-refractivity contribution < 1.29 is 4.74 Å². The second-order valence-corrected chi connectivity index (χ2v) is 3.92. The fourth-order valence-electron chi connectivity index (χ4n) is 1.98. The van der Waals surface area contributed by atoms with Gasteiger partial charge < -0.3 is 4.74 Å². The Morgan fingerprint density at radius 1 is 1.60 bits per heavy atom. The van der Waals surface area contributed by atoms with Crippen LogP contribution >= 0.6 is 0 Å². The summed E-state index contributed by atoms with van der Waals surface area (Å²) in [7, 11) is 0. The highest BCUT2D eigenvalue weighted by atomic mass is 16.5. The van der Waals surface area contributed by atoms with Crippen molar-refractivity contribution in [3.8, 4) is 0 Å². The van der Waals surface area contributed by atoms with E-state index < -0.39 is 0 Å². The summed E-state index contributed by atoms with van der Waals surface area (Å²) in [6.07, 6.45) is 7.43. The fourth-order valence-corrected chi connectivity index (χ4v) is 1.98. The minimum absolute atomic E-state index is 0.402. The first kappa shape index (κ1) is 10.4. The van der Waals surface area contributed by atoms with Crippen LogP contribution in [0.4, 0.5) is 0 Å². The topological polar surface area (TPSA) is 24.8 Å². The van der Waals surface area contributed by atoms with Gasteiger partial charge in [-0.2, -0.15) is 5.10 Å². The molecule has 2 heterocycles. The summed E-state index contributed by atoms with van der Waals surface area (Å²) in [5, 5.41) is 6.53. The minimum Gasteiger partial charge on any atom is -0.377 e. The Morgan fingerprint density at radius 2 is 2.47 bits per heavy atom. The molecule has 0 aliphatic carbocycles. The third-order valence-electron chi connectivity index (χ3n) is 2.89. The molecule has 0 N–H and O–H groups in total. The van der Waals surface area contributed by atoms with Crippen LogP contribution in [0.1, 0.15) is 20.3 Å². The SMILES string of the molecule is CCN1N=CC(C2=CCOCC2)=CC1C. The lowest BCUT2D eigenvalue weighted by Crippen LogP contribution is -2.30. The number of rotatable bonds is 2. The highest BCUT2D eigenvalue weighted by Crippen LogP contribution is 2.20. The predicted molar refractivity (Wildman–Crippen MR) is 61.9 cm³/mol. The van der Waals surface area contributed by atoms with Gasteiger partial charge in [-0.05, 0) is 31.4 Å². The van der Waals surface area contributed by atoms with Crippen molar-refractivity contribution in [1.29, 1.82) is 0 Å². The molecule has 0 aromatic carbocycles. The smallest absolute Gasteiger partial charge is 0.0653 e. The Labute approximate surface area is 91.1 Å². The van der Waals surface area contributed by atoms with Crippen LogP contribution < -0.4 is 0 Å². The molecule has 0 bridgehead atoms. The number of hydrazone groups is 1. The van der Waals surface area contributed by atoms with Gasteiger partial charge in [-0.3, -0.25) is 5.01 Å². The lowest BCUT2D eigenvalue weighted by molar-refractivity contribution is 0.155. The zero-order chi connectivity index (χ0) is 10.7. The molecule has 0 aromatic rings. The van der Waals surface area contributed by atoms with Gasteiger partial charge >= 0.3 is 0 Å². The lowest BCUT2D eigenvalue weighted by atomic mass is 9.99. The summed E-state index contributed by atoms with van der Waals surface area (Å²) in [6.45, 7) is 6.85. The number of ether oxygens (including phenoxy) is 1. The molecule has 2 rings (SSSR count). The van der Waals surface area contributed by atoms with Gasteiger partial charge in [0.05, 0.1) is 25.5 Å². The Kier molecular flexibility index (Phi) is 3.21. The zero-order valence-electron chi connectivity index (χ0n) is 9.44. The van der Waals surface area contributed by atoms with Crippen LogP contribution in [0.5, 0.6) is 0 Å². The molecule has 0 fully saturated rings. The van der Waals surface area contributed by atoms with E-state index in [1.807, 2.05) is 6.21 Å². The quantitative estimate of drug-likeness (QED) is 0.690. The maximum absolute atomic E-state index is 5.30. The van der Waals surface area contributed by atoms with Crippen LogP contribution in [0.25, 0.3) is 0 Å². The fraction of sp³-hybridized carbons (Fsp3) is 0.583. The van der Waals surface area contributed by atoms with Crippen LogP contribution in [0.2, 0.25) is 0 Å². The van der Waals surface area contributed by atoms with Crippen LogP contribution in [-0.2, 0) is 4.74 Å². The van der Waals surface area contributed by atoms with Crippen LogP contribution in [0.3, 0.4) is 0 Å². The van der Waals surface area contributed by atoms with E-state index >= 15 is 0 Å². The van der Waals surface area contributed by atoms with Gasteiger partial charge in [-0.1, -0.05) is 12.2 Å². The molecule has 2 aliphatic heterocycles. The van der Waals surface area contributed by atoms with Gasteiger partial charge in [0.25, 0.3) is 0 Å². The molecule has 0 aromatic heterocycles. The van der Waals surface area contributed by atoms with Crippen molar-refractivity contribution in [2.75, 3.05) is 19.8 Å². The van der Waals surface area contributed by atoms with Crippen molar-refractivity contribution in [3.05, 3.63) is 23.3 Å². The molecular formula is C12H18N2O. The standard InChI is InChI=1S/C12H18N2O/c1-3-14-10(2)8-12(9-13-14)11-4-6-15-7-5-11/h4,8-10H,3,5-7H2,1-2H3. The first-order chi connectivity index (χ1) is 7.31. The van der Waals surface area contributed by atoms with Gasteiger partial charge in [-0.15, -0.1) is 0 Å². The Hall–Kier alpha value is -1.09. The molecule has 0 saturated carbocycles. The number of allylic oxidation sites excluding steroid dienone is 1. The average Bonchev–Trinajstić information content (AvgIpc) is 2.30. The number of likely N-dealkylation sites (N-methyl/N-ethyl adjacent to an activating group) is 1. The maximum Gasteiger partial charge on any atom is 0.0653 e. The van der Waals surface area contributed by atoms with E-state index in [1.165, 1.54) is 11.1 Å². The van der Waals surface area contributed by atoms with Crippen molar-refractivity contribution in [2.45, 2.75) is 26.3 Å². The molecule has 3 nitrogen and oxygen atoms in total. The molecule has 0 amide bonds. The molecule has 2 aliphatic rings. The first-order valence-electron chi connectivity index (χ1n) is 5.61. The van der Waals surface area contributed by atoms with E-state index in [4.69, 9.17) is 4.74 Å². The number of hydrogen-bond donors (Lipinski definition) is 0. The molecule has 0 spiro atoms. The van der Waals surface area contributed by atoms with Crippen LogP contribution in [-0.4, -0.2) is 37.0 Å². The van der Waals surface area contributed by atoms with Crippen LogP contribution in [0.15, 0.2) is 28.4 Å². The zero-order valence-corrected chi connectivity index (χ0v) is 9.44. The van der Waals surface area contributed by atoms with E-state index in [0.717, 1.165) is 26.2 Å².